The number of benzene rings is 1. The maximum absolute atomic E-state index is 13.2. The molecule has 3 aliphatic rings. The molecule has 3 heterocycles. The fraction of sp³-hybridized carbons (Fsp3) is 0.545. The molecule has 3 N–H and O–H groups in total. The molecule has 5 rings (SSSR count). The van der Waals surface area contributed by atoms with Gasteiger partial charge in [0.25, 0.3) is 0 Å². The van der Waals surface area contributed by atoms with Gasteiger partial charge in [0, 0.05) is 29.8 Å². The third-order valence-electron chi connectivity index (χ3n) is 7.34. The molecule has 148 valence electrons. The number of thiazole rings is 1. The Morgan fingerprint density at radius 2 is 2.04 bits per heavy atom. The molecule has 6 heteroatoms. The number of rotatable bonds is 3. The van der Waals surface area contributed by atoms with Crippen molar-refractivity contribution in [3.05, 3.63) is 47.0 Å². The van der Waals surface area contributed by atoms with Gasteiger partial charge in [0.05, 0.1) is 5.69 Å². The van der Waals surface area contributed by atoms with Crippen LogP contribution in [0.4, 0.5) is 5.13 Å². The summed E-state index contributed by atoms with van der Waals surface area (Å²) < 4.78 is 0. The van der Waals surface area contributed by atoms with E-state index in [0.29, 0.717) is 17.0 Å². The van der Waals surface area contributed by atoms with Crippen LogP contribution in [0.5, 0.6) is 0 Å². The molecule has 0 spiro atoms. The minimum atomic E-state index is -0.138. The molecule has 0 bridgehead atoms. The van der Waals surface area contributed by atoms with E-state index < -0.39 is 0 Å². The number of amides is 1. The number of likely N-dealkylation sites (tertiary alicyclic amines) is 1. The van der Waals surface area contributed by atoms with Crippen molar-refractivity contribution in [3.8, 4) is 0 Å². The Kier molecular flexibility index (Phi) is 4.63. The minimum absolute atomic E-state index is 0.138. The van der Waals surface area contributed by atoms with Crippen LogP contribution in [0.2, 0.25) is 0 Å². The maximum Gasteiger partial charge on any atom is 0.226 e. The molecule has 3 fully saturated rings. The third-order valence-corrected chi connectivity index (χ3v) is 8.01. The van der Waals surface area contributed by atoms with Crippen molar-refractivity contribution in [2.75, 3.05) is 31.9 Å². The zero-order valence-corrected chi connectivity index (χ0v) is 17.0. The second-order valence-electron chi connectivity index (χ2n) is 8.60. The van der Waals surface area contributed by atoms with E-state index in [1.54, 1.807) is 0 Å². The van der Waals surface area contributed by atoms with Gasteiger partial charge in [0.15, 0.2) is 5.13 Å². The molecule has 0 unspecified atom stereocenters. The topological polar surface area (TPSA) is 71.2 Å². The van der Waals surface area contributed by atoms with Crippen molar-refractivity contribution in [1.82, 2.24) is 15.2 Å². The molecule has 2 saturated heterocycles. The van der Waals surface area contributed by atoms with Crippen LogP contribution in [0.3, 0.4) is 0 Å². The van der Waals surface area contributed by atoms with Gasteiger partial charge in [-0.25, -0.2) is 4.98 Å². The molecule has 28 heavy (non-hydrogen) atoms. The summed E-state index contributed by atoms with van der Waals surface area (Å²) in [4.78, 5) is 20.0. The zero-order chi connectivity index (χ0) is 19.1. The van der Waals surface area contributed by atoms with Gasteiger partial charge in [-0.3, -0.25) is 4.79 Å². The van der Waals surface area contributed by atoms with Gasteiger partial charge in [-0.05, 0) is 56.2 Å². The van der Waals surface area contributed by atoms with Crippen molar-refractivity contribution in [2.24, 2.45) is 17.8 Å². The summed E-state index contributed by atoms with van der Waals surface area (Å²) in [7, 11) is 0. The first kappa shape index (κ1) is 18.1. The first-order valence-electron chi connectivity index (χ1n) is 10.4. The van der Waals surface area contributed by atoms with Crippen LogP contribution >= 0.6 is 11.3 Å². The number of nitrogens with two attached hydrogens (primary N) is 1. The highest BCUT2D eigenvalue weighted by Crippen LogP contribution is 2.46. The summed E-state index contributed by atoms with van der Waals surface area (Å²) in [6.07, 6.45) is 4.14. The predicted octanol–water partition coefficient (Wildman–Crippen LogP) is 2.88. The van der Waals surface area contributed by atoms with E-state index in [0.717, 1.165) is 57.1 Å². The van der Waals surface area contributed by atoms with E-state index in [2.05, 4.69) is 50.9 Å². The molecule has 1 aromatic heterocycles. The molecule has 3 atom stereocenters. The van der Waals surface area contributed by atoms with Gasteiger partial charge in [-0.2, -0.15) is 0 Å². The van der Waals surface area contributed by atoms with Gasteiger partial charge < -0.3 is 16.0 Å². The van der Waals surface area contributed by atoms with Crippen LogP contribution in [0.15, 0.2) is 35.7 Å². The lowest BCUT2D eigenvalue weighted by molar-refractivity contribution is -0.147. The van der Waals surface area contributed by atoms with E-state index in [1.165, 1.54) is 23.3 Å². The van der Waals surface area contributed by atoms with E-state index in [1.807, 2.05) is 0 Å². The summed E-state index contributed by atoms with van der Waals surface area (Å²) >= 11 is 1.51. The largest absolute Gasteiger partial charge is 0.375 e. The van der Waals surface area contributed by atoms with E-state index in [-0.39, 0.29) is 11.3 Å². The number of hydrogen-bond donors (Lipinski definition) is 2. The van der Waals surface area contributed by atoms with Crippen molar-refractivity contribution in [3.63, 3.8) is 0 Å². The molecule has 2 aromatic rings. The van der Waals surface area contributed by atoms with E-state index in [9.17, 15) is 4.79 Å². The molecule has 1 amide bonds. The third kappa shape index (κ3) is 2.94. The highest BCUT2D eigenvalue weighted by molar-refractivity contribution is 7.13. The molecule has 2 aliphatic heterocycles. The minimum Gasteiger partial charge on any atom is -0.375 e. The van der Waals surface area contributed by atoms with Crippen LogP contribution in [-0.2, 0) is 10.2 Å². The number of nitrogens with zero attached hydrogens (tertiary/aromatic N) is 2. The van der Waals surface area contributed by atoms with Crippen LogP contribution < -0.4 is 11.1 Å². The molecule has 0 radical (unpaired) electrons. The normalized spacial score (nSPS) is 29.0. The van der Waals surface area contributed by atoms with Crippen LogP contribution in [-0.4, -0.2) is 42.0 Å². The van der Waals surface area contributed by atoms with Gasteiger partial charge in [-0.15, -0.1) is 11.3 Å². The fourth-order valence-corrected chi connectivity index (χ4v) is 6.25. The average molecular weight is 397 g/mol. The Labute approximate surface area is 170 Å². The molecule has 1 aliphatic carbocycles. The van der Waals surface area contributed by atoms with E-state index in [4.69, 9.17) is 5.73 Å². The smallest absolute Gasteiger partial charge is 0.226 e. The number of anilines is 1. The second-order valence-corrected chi connectivity index (χ2v) is 9.49. The lowest BCUT2D eigenvalue weighted by Crippen LogP contribution is -2.56. The molecular formula is C22H28N4OS. The summed E-state index contributed by atoms with van der Waals surface area (Å²) in [5, 5.41) is 6.19. The van der Waals surface area contributed by atoms with Crippen molar-refractivity contribution < 1.29 is 4.79 Å². The first-order valence-corrected chi connectivity index (χ1v) is 11.3. The van der Waals surface area contributed by atoms with Gasteiger partial charge in [-0.1, -0.05) is 30.3 Å². The van der Waals surface area contributed by atoms with E-state index >= 15 is 0 Å². The average Bonchev–Trinajstić information content (AvgIpc) is 3.16. The summed E-state index contributed by atoms with van der Waals surface area (Å²) in [5.41, 5.74) is 8.17. The van der Waals surface area contributed by atoms with Gasteiger partial charge >= 0.3 is 0 Å². The summed E-state index contributed by atoms with van der Waals surface area (Å²) in [6, 6.07) is 10.6. The monoisotopic (exact) mass is 396 g/mol. The Morgan fingerprint density at radius 3 is 2.71 bits per heavy atom. The molecule has 1 aromatic carbocycles. The zero-order valence-electron chi connectivity index (χ0n) is 16.1. The highest BCUT2D eigenvalue weighted by atomic mass is 32.1. The molecular weight excluding hydrogens is 368 g/mol. The summed E-state index contributed by atoms with van der Waals surface area (Å²) in [6.45, 7) is 3.72. The van der Waals surface area contributed by atoms with Crippen LogP contribution in [0.25, 0.3) is 0 Å². The maximum atomic E-state index is 13.2. The number of carbonyl (C=O) groups is 1. The number of hydrogen-bond acceptors (Lipinski definition) is 5. The lowest BCUT2D eigenvalue weighted by atomic mass is 9.61. The SMILES string of the molecule is Nc1nc(C2(c3ccccc3)CCN(C(=O)[C@@H]3C[C@H]4CCNC[C@H]43)CC2)cs1. The van der Waals surface area contributed by atoms with Gasteiger partial charge in [0.2, 0.25) is 5.91 Å². The Balaban J connectivity index is 1.34. The molecule has 1 saturated carbocycles. The fourth-order valence-electron chi connectivity index (χ4n) is 5.59. The number of nitrogen functional groups attached to an aromatic ring is 1. The first-order chi connectivity index (χ1) is 13.7. The highest BCUT2D eigenvalue weighted by Gasteiger charge is 2.48. The van der Waals surface area contributed by atoms with Crippen molar-refractivity contribution in [1.29, 1.82) is 0 Å². The van der Waals surface area contributed by atoms with Crippen LogP contribution in [0, 0.1) is 17.8 Å². The van der Waals surface area contributed by atoms with Crippen molar-refractivity contribution in [2.45, 2.75) is 31.1 Å². The lowest BCUT2D eigenvalue weighted by Gasteiger charge is -2.50. The number of nitrogens with one attached hydrogen (secondary N) is 1. The number of aromatic nitrogens is 1. The summed E-state index contributed by atoms with van der Waals surface area (Å²) in [5.74, 6) is 1.93. The van der Waals surface area contributed by atoms with Crippen molar-refractivity contribution >= 4 is 22.4 Å². The molecule has 5 nitrogen and oxygen atoms in total. The van der Waals surface area contributed by atoms with Crippen LogP contribution in [0.1, 0.15) is 36.9 Å². The Morgan fingerprint density at radius 1 is 1.25 bits per heavy atom. The van der Waals surface area contributed by atoms with Gasteiger partial charge in [0.1, 0.15) is 0 Å². The standard InChI is InChI=1S/C22H28N4OS/c23-21-25-19(14-28-21)22(16-4-2-1-3-5-16)7-10-26(11-8-22)20(27)17-12-15-6-9-24-13-18(15)17/h1-5,14-15,17-18,24H,6-13H2,(H2,23,25)/t15-,17-,18-/m1/s1. The number of carbonyl (C=O) groups excluding carboxylic acids is 1. The Hall–Kier alpha value is -1.92. The Bertz CT molecular complexity index is 843. The predicted molar refractivity (Wildman–Crippen MR) is 112 cm³/mol. The number of piperidine rings is 2. The number of fused-ring (bicyclic) bond motifs is 1. The second kappa shape index (κ2) is 7.16. The quantitative estimate of drug-likeness (QED) is 0.837.